The number of nitrogens with one attached hydrogen (secondary N) is 1. The van der Waals surface area contributed by atoms with Crippen molar-refractivity contribution in [3.05, 3.63) is 0 Å². The van der Waals surface area contributed by atoms with E-state index in [1.807, 2.05) is 0 Å². The Kier molecular flexibility index (Phi) is 5.22. The maximum atomic E-state index is 12.6. The summed E-state index contributed by atoms with van der Waals surface area (Å²) in [5.74, 6) is 0.662. The van der Waals surface area contributed by atoms with Crippen molar-refractivity contribution < 1.29 is 4.79 Å². The van der Waals surface area contributed by atoms with E-state index in [4.69, 9.17) is 0 Å². The number of carbonyl (C=O) groups excluding carboxylic acids is 1. The molecule has 1 amide bonds. The molecular weight excluding hydrogens is 238 g/mol. The molecule has 2 saturated heterocycles. The zero-order valence-electron chi connectivity index (χ0n) is 12.7. The van der Waals surface area contributed by atoms with Gasteiger partial charge in [0, 0.05) is 31.1 Å². The molecule has 0 aromatic rings. The van der Waals surface area contributed by atoms with E-state index in [0.717, 1.165) is 52.0 Å². The molecule has 0 radical (unpaired) electrons. The molecular formula is C15H29N3O. The van der Waals surface area contributed by atoms with Crippen molar-refractivity contribution in [3.8, 4) is 0 Å². The van der Waals surface area contributed by atoms with Crippen LogP contribution in [-0.4, -0.2) is 60.5 Å². The minimum Gasteiger partial charge on any atom is -0.341 e. The number of nitrogens with zero attached hydrogens (tertiary/aromatic N) is 2. The van der Waals surface area contributed by atoms with E-state index >= 15 is 0 Å². The average Bonchev–Trinajstić information content (AvgIpc) is 2.89. The van der Waals surface area contributed by atoms with Crippen molar-refractivity contribution in [1.82, 2.24) is 15.1 Å². The van der Waals surface area contributed by atoms with Crippen molar-refractivity contribution in [2.75, 3.05) is 32.7 Å². The Morgan fingerprint density at radius 3 is 2.68 bits per heavy atom. The zero-order chi connectivity index (χ0) is 13.8. The molecule has 2 fully saturated rings. The van der Waals surface area contributed by atoms with Gasteiger partial charge in [0.25, 0.3) is 0 Å². The molecule has 0 aromatic heterocycles. The lowest BCUT2D eigenvalue weighted by Crippen LogP contribution is -2.44. The average molecular weight is 267 g/mol. The molecule has 3 atom stereocenters. The molecule has 0 saturated carbocycles. The summed E-state index contributed by atoms with van der Waals surface area (Å²) in [6, 6.07) is 1.07. The molecule has 0 bridgehead atoms. The van der Waals surface area contributed by atoms with Gasteiger partial charge in [-0.2, -0.15) is 0 Å². The highest BCUT2D eigenvalue weighted by atomic mass is 16.2. The number of piperidine rings is 1. The molecule has 2 aliphatic rings. The van der Waals surface area contributed by atoms with Crippen LogP contribution in [0.3, 0.4) is 0 Å². The number of likely N-dealkylation sites (tertiary alicyclic amines) is 1. The lowest BCUT2D eigenvalue weighted by molar-refractivity contribution is -0.135. The van der Waals surface area contributed by atoms with Crippen LogP contribution in [0.2, 0.25) is 0 Å². The number of likely N-dealkylation sites (N-methyl/N-ethyl adjacent to an activating group) is 1. The zero-order valence-corrected chi connectivity index (χ0v) is 12.7. The van der Waals surface area contributed by atoms with E-state index in [2.05, 4.69) is 35.9 Å². The molecule has 4 nitrogen and oxygen atoms in total. The van der Waals surface area contributed by atoms with Crippen LogP contribution in [0, 0.1) is 5.92 Å². The van der Waals surface area contributed by atoms with Gasteiger partial charge in [0.2, 0.25) is 5.91 Å². The van der Waals surface area contributed by atoms with Crippen LogP contribution in [0.15, 0.2) is 0 Å². The summed E-state index contributed by atoms with van der Waals surface area (Å²) >= 11 is 0. The Morgan fingerprint density at radius 1 is 1.32 bits per heavy atom. The lowest BCUT2D eigenvalue weighted by atomic mass is 9.92. The number of hydrogen-bond donors (Lipinski definition) is 1. The van der Waals surface area contributed by atoms with Crippen LogP contribution in [0.1, 0.15) is 40.0 Å². The Morgan fingerprint density at radius 2 is 2.05 bits per heavy atom. The van der Waals surface area contributed by atoms with E-state index in [1.54, 1.807) is 0 Å². The summed E-state index contributed by atoms with van der Waals surface area (Å²) in [5.41, 5.74) is 0. The van der Waals surface area contributed by atoms with Gasteiger partial charge in [0.1, 0.15) is 0 Å². The van der Waals surface area contributed by atoms with E-state index in [-0.39, 0.29) is 5.92 Å². The first-order chi connectivity index (χ1) is 9.15. The molecule has 4 heteroatoms. The maximum absolute atomic E-state index is 12.6. The van der Waals surface area contributed by atoms with Crippen molar-refractivity contribution >= 4 is 5.91 Å². The third kappa shape index (κ3) is 3.48. The summed E-state index contributed by atoms with van der Waals surface area (Å²) < 4.78 is 0. The van der Waals surface area contributed by atoms with Crippen molar-refractivity contribution in [3.63, 3.8) is 0 Å². The predicted octanol–water partition coefficient (Wildman–Crippen LogP) is 1.32. The second-order valence-corrected chi connectivity index (χ2v) is 6.02. The summed E-state index contributed by atoms with van der Waals surface area (Å²) in [6.07, 6.45) is 3.16. The van der Waals surface area contributed by atoms with Gasteiger partial charge in [-0.15, -0.1) is 0 Å². The molecule has 0 spiro atoms. The first kappa shape index (κ1) is 14.8. The standard InChI is InChI=1S/C15H29N3O/c1-4-17(5-2)14-7-9-18(11-14)15(19)13-6-8-16-12(3)10-13/h12-14,16H,4-11H2,1-3H3/t12-,13-,14?/m0/s1. The molecule has 19 heavy (non-hydrogen) atoms. The first-order valence-corrected chi connectivity index (χ1v) is 7.91. The van der Waals surface area contributed by atoms with Gasteiger partial charge in [-0.25, -0.2) is 0 Å². The quantitative estimate of drug-likeness (QED) is 0.834. The van der Waals surface area contributed by atoms with Gasteiger partial charge in [-0.3, -0.25) is 9.69 Å². The van der Waals surface area contributed by atoms with Gasteiger partial charge >= 0.3 is 0 Å². The molecule has 2 aliphatic heterocycles. The molecule has 110 valence electrons. The molecule has 2 rings (SSSR count). The highest BCUT2D eigenvalue weighted by molar-refractivity contribution is 5.79. The minimum absolute atomic E-state index is 0.256. The lowest BCUT2D eigenvalue weighted by Gasteiger charge is -2.31. The van der Waals surface area contributed by atoms with Gasteiger partial charge in [-0.1, -0.05) is 13.8 Å². The van der Waals surface area contributed by atoms with Crippen LogP contribution >= 0.6 is 0 Å². The van der Waals surface area contributed by atoms with E-state index < -0.39 is 0 Å². The fourth-order valence-corrected chi connectivity index (χ4v) is 3.59. The fraction of sp³-hybridized carbons (Fsp3) is 0.933. The highest BCUT2D eigenvalue weighted by Crippen LogP contribution is 2.23. The molecule has 1 unspecified atom stereocenters. The number of hydrogen-bond acceptors (Lipinski definition) is 3. The number of carbonyl (C=O) groups is 1. The van der Waals surface area contributed by atoms with Gasteiger partial charge in [0.05, 0.1) is 0 Å². The van der Waals surface area contributed by atoms with E-state index in [0.29, 0.717) is 18.0 Å². The summed E-state index contributed by atoms with van der Waals surface area (Å²) in [6.45, 7) is 11.7. The molecule has 0 aromatic carbocycles. The topological polar surface area (TPSA) is 35.6 Å². The summed E-state index contributed by atoms with van der Waals surface area (Å²) in [7, 11) is 0. The van der Waals surface area contributed by atoms with Gasteiger partial charge < -0.3 is 10.2 Å². The third-order valence-electron chi connectivity index (χ3n) is 4.78. The second kappa shape index (κ2) is 6.71. The minimum atomic E-state index is 0.256. The Bertz CT molecular complexity index is 304. The van der Waals surface area contributed by atoms with E-state index in [9.17, 15) is 4.79 Å². The van der Waals surface area contributed by atoms with Crippen molar-refractivity contribution in [1.29, 1.82) is 0 Å². The van der Waals surface area contributed by atoms with Crippen LogP contribution in [0.5, 0.6) is 0 Å². The van der Waals surface area contributed by atoms with Crippen molar-refractivity contribution in [2.24, 2.45) is 5.92 Å². The molecule has 0 aliphatic carbocycles. The van der Waals surface area contributed by atoms with Crippen LogP contribution in [-0.2, 0) is 4.79 Å². The maximum Gasteiger partial charge on any atom is 0.225 e. The first-order valence-electron chi connectivity index (χ1n) is 7.91. The molecule has 1 N–H and O–H groups in total. The van der Waals surface area contributed by atoms with Crippen LogP contribution in [0.25, 0.3) is 0 Å². The third-order valence-corrected chi connectivity index (χ3v) is 4.78. The molecule has 2 heterocycles. The normalized spacial score (nSPS) is 32.0. The Balaban J connectivity index is 1.87. The van der Waals surface area contributed by atoms with Gasteiger partial charge in [-0.05, 0) is 45.8 Å². The number of rotatable bonds is 4. The monoisotopic (exact) mass is 267 g/mol. The number of amides is 1. The smallest absolute Gasteiger partial charge is 0.225 e. The van der Waals surface area contributed by atoms with Crippen LogP contribution in [0.4, 0.5) is 0 Å². The van der Waals surface area contributed by atoms with Crippen LogP contribution < -0.4 is 5.32 Å². The largest absolute Gasteiger partial charge is 0.341 e. The Hall–Kier alpha value is -0.610. The summed E-state index contributed by atoms with van der Waals surface area (Å²) in [5, 5.41) is 3.42. The summed E-state index contributed by atoms with van der Waals surface area (Å²) in [4.78, 5) is 17.2. The predicted molar refractivity (Wildman–Crippen MR) is 78.1 cm³/mol. The highest BCUT2D eigenvalue weighted by Gasteiger charge is 2.34. The SMILES string of the molecule is CCN(CC)C1CCN(C(=O)[C@H]2CCN[C@@H](C)C2)C1. The van der Waals surface area contributed by atoms with E-state index in [1.165, 1.54) is 0 Å². The van der Waals surface area contributed by atoms with Gasteiger partial charge in [0.15, 0.2) is 0 Å². The Labute approximate surface area is 117 Å². The van der Waals surface area contributed by atoms with Crippen molar-refractivity contribution in [2.45, 2.75) is 52.1 Å². The second-order valence-electron chi connectivity index (χ2n) is 6.02. The fourth-order valence-electron chi connectivity index (χ4n) is 3.59.